The first kappa shape index (κ1) is 21.0. The Morgan fingerprint density at radius 3 is 2.29 bits per heavy atom. The Bertz CT molecular complexity index is 866. The zero-order chi connectivity index (χ0) is 20.7. The van der Waals surface area contributed by atoms with Crippen molar-refractivity contribution in [1.82, 2.24) is 0 Å². The Balaban J connectivity index is 1.82. The Morgan fingerprint density at radius 2 is 1.68 bits per heavy atom. The first-order valence-electron chi connectivity index (χ1n) is 9.60. The molecule has 1 heterocycles. The summed E-state index contributed by atoms with van der Waals surface area (Å²) in [5.41, 5.74) is 4.34. The van der Waals surface area contributed by atoms with Gasteiger partial charge >= 0.3 is 7.12 Å². The van der Waals surface area contributed by atoms with Crippen LogP contribution in [0.15, 0.2) is 30.3 Å². The average Bonchev–Trinajstić information content (AvgIpc) is 2.83. The summed E-state index contributed by atoms with van der Waals surface area (Å²) >= 11 is 6.36. The molecule has 4 nitrogen and oxygen atoms in total. The van der Waals surface area contributed by atoms with Gasteiger partial charge in [0.15, 0.2) is 0 Å². The van der Waals surface area contributed by atoms with Gasteiger partial charge in [-0.25, -0.2) is 0 Å². The van der Waals surface area contributed by atoms with E-state index in [4.69, 9.17) is 25.6 Å². The van der Waals surface area contributed by atoms with Crippen LogP contribution in [0.3, 0.4) is 0 Å². The van der Waals surface area contributed by atoms with E-state index in [1.165, 1.54) is 0 Å². The number of hydrogen-bond acceptors (Lipinski definition) is 4. The molecule has 0 aromatic heterocycles. The maximum Gasteiger partial charge on any atom is 0.495 e. The van der Waals surface area contributed by atoms with Gasteiger partial charge in [0.1, 0.15) is 12.4 Å². The van der Waals surface area contributed by atoms with Crippen molar-refractivity contribution in [3.63, 3.8) is 0 Å². The third kappa shape index (κ3) is 3.89. The lowest BCUT2D eigenvalue weighted by Crippen LogP contribution is -2.41. The van der Waals surface area contributed by atoms with Crippen LogP contribution in [0.1, 0.15) is 44.4 Å². The predicted octanol–water partition coefficient (Wildman–Crippen LogP) is 4.88. The molecule has 0 bridgehead atoms. The molecule has 6 heteroatoms. The lowest BCUT2D eigenvalue weighted by Gasteiger charge is -2.32. The van der Waals surface area contributed by atoms with Crippen molar-refractivity contribution < 1.29 is 14.0 Å². The minimum absolute atomic E-state index is 0.360. The van der Waals surface area contributed by atoms with E-state index in [2.05, 4.69) is 46.0 Å². The zero-order valence-corrected chi connectivity index (χ0v) is 18.5. The molecule has 2 aromatic carbocycles. The predicted molar refractivity (Wildman–Crippen MR) is 117 cm³/mol. The van der Waals surface area contributed by atoms with Gasteiger partial charge in [0.25, 0.3) is 0 Å². The van der Waals surface area contributed by atoms with Gasteiger partial charge in [0.05, 0.1) is 11.2 Å². The van der Waals surface area contributed by atoms with Gasteiger partial charge in [0, 0.05) is 23.3 Å². The monoisotopic (exact) mass is 401 g/mol. The summed E-state index contributed by atoms with van der Waals surface area (Å²) in [6, 6.07) is 9.93. The fourth-order valence-electron chi connectivity index (χ4n) is 3.28. The molecule has 0 amide bonds. The highest BCUT2D eigenvalue weighted by Crippen LogP contribution is 2.37. The first-order chi connectivity index (χ1) is 13.1. The second-order valence-electron chi connectivity index (χ2n) is 8.37. The lowest BCUT2D eigenvalue weighted by molar-refractivity contribution is 0.00578. The molecule has 1 N–H and O–H groups in total. The third-order valence-corrected chi connectivity index (χ3v) is 6.19. The van der Waals surface area contributed by atoms with Gasteiger partial charge in [-0.2, -0.15) is 0 Å². The molecule has 0 radical (unpaired) electrons. The van der Waals surface area contributed by atoms with Crippen molar-refractivity contribution in [3.8, 4) is 5.75 Å². The van der Waals surface area contributed by atoms with Crippen molar-refractivity contribution in [1.29, 1.82) is 0 Å². The second kappa shape index (κ2) is 7.62. The summed E-state index contributed by atoms with van der Waals surface area (Å²) in [5.74, 6) is 0.833. The molecule has 150 valence electrons. The molecule has 0 unspecified atom stereocenters. The zero-order valence-electron chi connectivity index (χ0n) is 17.8. The SMILES string of the molecule is CNc1cccc(Cl)c1COc1cc(C)c(B2OC(C)(C)C(C)(C)O2)cc1C. The maximum absolute atomic E-state index is 6.36. The van der Waals surface area contributed by atoms with Crippen molar-refractivity contribution in [2.24, 2.45) is 0 Å². The summed E-state index contributed by atoms with van der Waals surface area (Å²) in [6.07, 6.45) is 0. The van der Waals surface area contributed by atoms with Gasteiger partial charge in [-0.15, -0.1) is 0 Å². The van der Waals surface area contributed by atoms with Gasteiger partial charge in [-0.1, -0.05) is 23.7 Å². The van der Waals surface area contributed by atoms with E-state index in [9.17, 15) is 0 Å². The number of aryl methyl sites for hydroxylation is 2. The molecule has 0 atom stereocenters. The van der Waals surface area contributed by atoms with Gasteiger partial charge in [-0.3, -0.25) is 0 Å². The third-order valence-electron chi connectivity index (χ3n) is 5.83. The van der Waals surface area contributed by atoms with Crippen LogP contribution >= 0.6 is 11.6 Å². The molecule has 28 heavy (non-hydrogen) atoms. The fourth-order valence-corrected chi connectivity index (χ4v) is 3.51. The van der Waals surface area contributed by atoms with Crippen LogP contribution < -0.4 is 15.5 Å². The highest BCUT2D eigenvalue weighted by molar-refractivity contribution is 6.62. The Hall–Kier alpha value is -1.69. The number of benzene rings is 2. The van der Waals surface area contributed by atoms with Crippen LogP contribution in [0.4, 0.5) is 5.69 Å². The van der Waals surface area contributed by atoms with E-state index in [0.717, 1.165) is 33.6 Å². The summed E-state index contributed by atoms with van der Waals surface area (Å²) in [6.45, 7) is 12.7. The van der Waals surface area contributed by atoms with Crippen LogP contribution in [0.5, 0.6) is 5.75 Å². The Kier molecular flexibility index (Phi) is 5.73. The molecule has 3 rings (SSSR count). The Morgan fingerprint density at radius 1 is 1.04 bits per heavy atom. The highest BCUT2D eigenvalue weighted by Gasteiger charge is 2.52. The number of nitrogens with one attached hydrogen (secondary N) is 1. The van der Waals surface area contributed by atoms with Gasteiger partial charge in [0.2, 0.25) is 0 Å². The van der Waals surface area contributed by atoms with E-state index < -0.39 is 0 Å². The standard InChI is InChI=1S/C22H29BClNO3/c1-14-12-20(26-13-16-18(24)9-8-10-19(16)25-7)15(2)11-17(14)23-27-21(3,4)22(5,6)28-23/h8-12,25H,13H2,1-7H3. The van der Waals surface area contributed by atoms with E-state index in [1.54, 1.807) is 0 Å². The smallest absolute Gasteiger partial charge is 0.488 e. The molecule has 1 fully saturated rings. The number of halogens is 1. The number of ether oxygens (including phenoxy) is 1. The lowest BCUT2D eigenvalue weighted by atomic mass is 9.75. The van der Waals surface area contributed by atoms with Crippen LogP contribution in [-0.4, -0.2) is 25.4 Å². The van der Waals surface area contributed by atoms with Crippen LogP contribution in [-0.2, 0) is 15.9 Å². The average molecular weight is 402 g/mol. The minimum Gasteiger partial charge on any atom is -0.488 e. The molecule has 1 saturated heterocycles. The van der Waals surface area contributed by atoms with E-state index in [-0.39, 0.29) is 18.3 Å². The number of rotatable bonds is 5. The Labute approximate surface area is 173 Å². The summed E-state index contributed by atoms with van der Waals surface area (Å²) in [4.78, 5) is 0. The first-order valence-corrected chi connectivity index (χ1v) is 9.98. The molecule has 1 aliphatic heterocycles. The molecule has 1 aliphatic rings. The molecular weight excluding hydrogens is 373 g/mol. The van der Waals surface area contributed by atoms with Crippen molar-refractivity contribution in [2.45, 2.75) is 59.4 Å². The molecule has 0 spiro atoms. The molecule has 0 aliphatic carbocycles. The molecular formula is C22H29BClNO3. The molecule has 2 aromatic rings. The van der Waals surface area contributed by atoms with E-state index in [1.807, 2.05) is 38.2 Å². The summed E-state index contributed by atoms with van der Waals surface area (Å²) < 4.78 is 18.5. The van der Waals surface area contributed by atoms with Crippen molar-refractivity contribution in [2.75, 3.05) is 12.4 Å². The van der Waals surface area contributed by atoms with Crippen LogP contribution in [0, 0.1) is 13.8 Å². The van der Waals surface area contributed by atoms with Crippen molar-refractivity contribution in [3.05, 3.63) is 52.0 Å². The van der Waals surface area contributed by atoms with Crippen LogP contribution in [0.2, 0.25) is 5.02 Å². The maximum atomic E-state index is 6.36. The minimum atomic E-state index is -0.378. The number of anilines is 1. The van der Waals surface area contributed by atoms with E-state index >= 15 is 0 Å². The second-order valence-corrected chi connectivity index (χ2v) is 8.77. The van der Waals surface area contributed by atoms with Gasteiger partial charge in [-0.05, 0) is 76.3 Å². The van der Waals surface area contributed by atoms with E-state index in [0.29, 0.717) is 11.6 Å². The highest BCUT2D eigenvalue weighted by atomic mass is 35.5. The van der Waals surface area contributed by atoms with Crippen LogP contribution in [0.25, 0.3) is 0 Å². The number of hydrogen-bond donors (Lipinski definition) is 1. The normalized spacial score (nSPS) is 17.6. The summed E-state index contributed by atoms with van der Waals surface area (Å²) in [5, 5.41) is 3.85. The fraction of sp³-hybridized carbons (Fsp3) is 0.455. The summed E-state index contributed by atoms with van der Waals surface area (Å²) in [7, 11) is 1.50. The molecule has 0 saturated carbocycles. The van der Waals surface area contributed by atoms with Gasteiger partial charge < -0.3 is 19.4 Å². The quantitative estimate of drug-likeness (QED) is 0.725. The largest absolute Gasteiger partial charge is 0.495 e. The van der Waals surface area contributed by atoms with Crippen molar-refractivity contribution >= 4 is 29.9 Å². The topological polar surface area (TPSA) is 39.7 Å².